The minimum absolute atomic E-state index is 0.00291. The molecular weight excluding hydrogens is 230 g/mol. The quantitative estimate of drug-likeness (QED) is 0.839. The van der Waals surface area contributed by atoms with Crippen LogP contribution in [-0.2, 0) is 0 Å². The average Bonchev–Trinajstić information content (AvgIpc) is 2.39. The summed E-state index contributed by atoms with van der Waals surface area (Å²) >= 11 is 0. The molecule has 0 aliphatic rings. The smallest absolute Gasteiger partial charge is 0.354 e. The van der Waals surface area contributed by atoms with Crippen molar-refractivity contribution < 1.29 is 14.7 Å². The van der Waals surface area contributed by atoms with E-state index in [4.69, 9.17) is 5.11 Å². The molecule has 1 aromatic carbocycles. The van der Waals surface area contributed by atoms with Gasteiger partial charge in [-0.3, -0.25) is 4.79 Å². The summed E-state index contributed by atoms with van der Waals surface area (Å²) in [6.07, 6.45) is 0. The van der Waals surface area contributed by atoms with Crippen molar-refractivity contribution in [2.75, 3.05) is 0 Å². The van der Waals surface area contributed by atoms with Gasteiger partial charge in [0.15, 0.2) is 5.78 Å². The first-order valence-corrected chi connectivity index (χ1v) is 5.39. The number of carboxylic acids is 1. The van der Waals surface area contributed by atoms with Crippen molar-refractivity contribution >= 4 is 11.8 Å². The van der Waals surface area contributed by atoms with E-state index in [-0.39, 0.29) is 11.5 Å². The first kappa shape index (κ1) is 12.0. The van der Waals surface area contributed by atoms with Gasteiger partial charge in [-0.15, -0.1) is 0 Å². The highest BCUT2D eigenvalue weighted by Gasteiger charge is 2.07. The number of pyridine rings is 1. The Morgan fingerprint density at radius 2 is 1.72 bits per heavy atom. The summed E-state index contributed by atoms with van der Waals surface area (Å²) in [5.74, 6) is -1.06. The average molecular weight is 241 g/mol. The first-order chi connectivity index (χ1) is 8.58. The largest absolute Gasteiger partial charge is 0.477 e. The van der Waals surface area contributed by atoms with Crippen LogP contribution in [0.3, 0.4) is 0 Å². The van der Waals surface area contributed by atoms with Gasteiger partial charge in [-0.05, 0) is 19.1 Å². The molecule has 0 aliphatic carbocycles. The van der Waals surface area contributed by atoms with Gasteiger partial charge in [-0.1, -0.05) is 30.3 Å². The standard InChI is InChI=1S/C14H11NO3/c1-9(16)10-5-7-11(8-6-10)12-3-2-4-13(15-12)14(17)18/h2-8H,1H3,(H,17,18). The Kier molecular flexibility index (Phi) is 3.19. The molecule has 0 saturated heterocycles. The molecule has 2 aromatic rings. The molecule has 18 heavy (non-hydrogen) atoms. The van der Waals surface area contributed by atoms with Crippen molar-refractivity contribution in [1.82, 2.24) is 4.98 Å². The summed E-state index contributed by atoms with van der Waals surface area (Å²) in [5.41, 5.74) is 1.98. The molecule has 4 nitrogen and oxygen atoms in total. The number of Topliss-reactive ketones (excluding diaryl/α,β-unsaturated/α-hetero) is 1. The van der Waals surface area contributed by atoms with E-state index in [1.165, 1.54) is 13.0 Å². The lowest BCUT2D eigenvalue weighted by Crippen LogP contribution is -2.00. The summed E-state index contributed by atoms with van der Waals surface area (Å²) in [6, 6.07) is 11.7. The van der Waals surface area contributed by atoms with Crippen LogP contribution in [0.5, 0.6) is 0 Å². The van der Waals surface area contributed by atoms with E-state index in [9.17, 15) is 9.59 Å². The third-order valence-electron chi connectivity index (χ3n) is 2.56. The van der Waals surface area contributed by atoms with E-state index in [0.717, 1.165) is 5.56 Å². The number of hydrogen-bond acceptors (Lipinski definition) is 3. The summed E-state index contributed by atoms with van der Waals surface area (Å²) < 4.78 is 0. The number of rotatable bonds is 3. The molecule has 4 heteroatoms. The summed E-state index contributed by atoms with van der Waals surface area (Å²) in [5, 5.41) is 8.87. The van der Waals surface area contributed by atoms with Crippen LogP contribution in [0.15, 0.2) is 42.5 Å². The fourth-order valence-electron chi connectivity index (χ4n) is 1.59. The highest BCUT2D eigenvalue weighted by atomic mass is 16.4. The molecule has 0 bridgehead atoms. The monoisotopic (exact) mass is 241 g/mol. The molecule has 0 atom stereocenters. The molecule has 0 spiro atoms. The van der Waals surface area contributed by atoms with E-state index in [2.05, 4.69) is 4.98 Å². The highest BCUT2D eigenvalue weighted by Crippen LogP contribution is 2.18. The first-order valence-electron chi connectivity index (χ1n) is 5.39. The fraction of sp³-hybridized carbons (Fsp3) is 0.0714. The second kappa shape index (κ2) is 4.79. The summed E-state index contributed by atoms with van der Waals surface area (Å²) in [6.45, 7) is 1.50. The molecule has 0 unspecified atom stereocenters. The van der Waals surface area contributed by atoms with Crippen molar-refractivity contribution in [2.24, 2.45) is 0 Å². The van der Waals surface area contributed by atoms with E-state index in [1.807, 2.05) is 0 Å². The van der Waals surface area contributed by atoms with E-state index in [1.54, 1.807) is 36.4 Å². The molecule has 0 saturated carbocycles. The molecule has 1 aromatic heterocycles. The minimum Gasteiger partial charge on any atom is -0.477 e. The van der Waals surface area contributed by atoms with Crippen molar-refractivity contribution in [3.63, 3.8) is 0 Å². The number of carbonyl (C=O) groups excluding carboxylic acids is 1. The zero-order valence-corrected chi connectivity index (χ0v) is 9.75. The Balaban J connectivity index is 2.39. The van der Waals surface area contributed by atoms with Gasteiger partial charge in [0.05, 0.1) is 5.69 Å². The normalized spacial score (nSPS) is 10.1. The van der Waals surface area contributed by atoms with Gasteiger partial charge >= 0.3 is 5.97 Å². The zero-order chi connectivity index (χ0) is 13.1. The predicted octanol–water partition coefficient (Wildman–Crippen LogP) is 2.65. The third-order valence-corrected chi connectivity index (χ3v) is 2.56. The number of ketones is 1. The second-order valence-electron chi connectivity index (χ2n) is 3.85. The van der Waals surface area contributed by atoms with Crippen molar-refractivity contribution in [1.29, 1.82) is 0 Å². The summed E-state index contributed by atoms with van der Waals surface area (Å²) in [7, 11) is 0. The maximum Gasteiger partial charge on any atom is 0.354 e. The maximum absolute atomic E-state index is 11.1. The fourth-order valence-corrected chi connectivity index (χ4v) is 1.59. The molecule has 2 rings (SSSR count). The van der Waals surface area contributed by atoms with Gasteiger partial charge < -0.3 is 5.11 Å². The third kappa shape index (κ3) is 2.43. The Bertz CT molecular complexity index is 603. The van der Waals surface area contributed by atoms with Crippen molar-refractivity contribution in [3.05, 3.63) is 53.7 Å². The van der Waals surface area contributed by atoms with Crippen LogP contribution in [-0.4, -0.2) is 21.8 Å². The highest BCUT2D eigenvalue weighted by molar-refractivity contribution is 5.94. The van der Waals surface area contributed by atoms with Gasteiger partial charge in [0.2, 0.25) is 0 Å². The Morgan fingerprint density at radius 3 is 2.28 bits per heavy atom. The van der Waals surface area contributed by atoms with Crippen LogP contribution in [0, 0.1) is 0 Å². The Hall–Kier alpha value is -2.49. The SMILES string of the molecule is CC(=O)c1ccc(-c2cccc(C(=O)O)n2)cc1. The topological polar surface area (TPSA) is 67.3 Å². The second-order valence-corrected chi connectivity index (χ2v) is 3.85. The number of carbonyl (C=O) groups is 2. The number of aromatic carboxylic acids is 1. The molecule has 90 valence electrons. The van der Waals surface area contributed by atoms with Gasteiger partial charge in [0.1, 0.15) is 5.69 Å². The van der Waals surface area contributed by atoms with Crippen LogP contribution in [0.25, 0.3) is 11.3 Å². The lowest BCUT2D eigenvalue weighted by molar-refractivity contribution is 0.0690. The lowest BCUT2D eigenvalue weighted by atomic mass is 10.1. The molecular formula is C14H11NO3. The molecule has 0 amide bonds. The number of carboxylic acid groups (broad SMARTS) is 1. The van der Waals surface area contributed by atoms with Gasteiger partial charge in [-0.25, -0.2) is 9.78 Å². The van der Waals surface area contributed by atoms with Crippen LogP contribution in [0.4, 0.5) is 0 Å². The predicted molar refractivity (Wildman–Crippen MR) is 66.6 cm³/mol. The summed E-state index contributed by atoms with van der Waals surface area (Å²) in [4.78, 5) is 26.0. The maximum atomic E-state index is 11.1. The lowest BCUT2D eigenvalue weighted by Gasteiger charge is -2.03. The van der Waals surface area contributed by atoms with Gasteiger partial charge in [-0.2, -0.15) is 0 Å². The molecule has 0 fully saturated rings. The van der Waals surface area contributed by atoms with Crippen LogP contribution in [0.1, 0.15) is 27.8 Å². The zero-order valence-electron chi connectivity index (χ0n) is 9.75. The molecule has 1 heterocycles. The van der Waals surface area contributed by atoms with Crippen molar-refractivity contribution in [2.45, 2.75) is 6.92 Å². The molecule has 0 aliphatic heterocycles. The minimum atomic E-state index is -1.06. The number of hydrogen-bond donors (Lipinski definition) is 1. The van der Waals surface area contributed by atoms with E-state index < -0.39 is 5.97 Å². The number of aromatic nitrogens is 1. The van der Waals surface area contributed by atoms with Crippen LogP contribution in [0.2, 0.25) is 0 Å². The van der Waals surface area contributed by atoms with Gasteiger partial charge in [0, 0.05) is 11.1 Å². The molecule has 1 N–H and O–H groups in total. The molecule has 0 radical (unpaired) electrons. The van der Waals surface area contributed by atoms with Gasteiger partial charge in [0.25, 0.3) is 0 Å². The number of nitrogens with zero attached hydrogens (tertiary/aromatic N) is 1. The van der Waals surface area contributed by atoms with Crippen molar-refractivity contribution in [3.8, 4) is 11.3 Å². The Labute approximate surface area is 104 Å². The van der Waals surface area contributed by atoms with Crippen LogP contribution < -0.4 is 0 Å². The van der Waals surface area contributed by atoms with E-state index in [0.29, 0.717) is 11.3 Å². The Morgan fingerprint density at radius 1 is 1.06 bits per heavy atom. The number of benzene rings is 1. The van der Waals surface area contributed by atoms with E-state index >= 15 is 0 Å². The van der Waals surface area contributed by atoms with Crippen LogP contribution >= 0.6 is 0 Å².